The van der Waals surface area contributed by atoms with Crippen LogP contribution in [0, 0.1) is 11.8 Å². The quantitative estimate of drug-likeness (QED) is 0.133. The number of rotatable bonds is 9. The van der Waals surface area contributed by atoms with E-state index in [0.29, 0.717) is 17.9 Å². The number of nitrogens with one attached hydrogen (secondary N) is 3. The Morgan fingerprint density at radius 1 is 1.00 bits per heavy atom. The zero-order valence-electron chi connectivity index (χ0n) is 20.6. The first-order chi connectivity index (χ1) is 17.9. The topological polar surface area (TPSA) is 136 Å². The van der Waals surface area contributed by atoms with Crippen LogP contribution in [0.5, 0.6) is 0 Å². The maximum atomic E-state index is 12.1. The maximum absolute atomic E-state index is 12.1. The lowest BCUT2D eigenvalue weighted by molar-refractivity contribution is -0.132. The molecule has 9 nitrogen and oxygen atoms in total. The first-order valence-electron chi connectivity index (χ1n) is 11.6. The van der Waals surface area contributed by atoms with Crippen LogP contribution in [0.3, 0.4) is 0 Å². The molecule has 2 atom stereocenters. The summed E-state index contributed by atoms with van der Waals surface area (Å²) in [4.78, 5) is 32.3. The van der Waals surface area contributed by atoms with E-state index in [1.165, 1.54) is 12.4 Å². The SMILES string of the molecule is CC(=NC(C(=O)NO)[C@@H](C)O)c1ccc(C#Cc2ccc(NC(=O)CNCc3ccccn3)cc2)cc1. The molecule has 0 spiro atoms. The molecule has 190 valence electrons. The van der Waals surface area contributed by atoms with Crippen LogP contribution in [0.25, 0.3) is 0 Å². The highest BCUT2D eigenvalue weighted by atomic mass is 16.5. The van der Waals surface area contributed by atoms with Gasteiger partial charge >= 0.3 is 0 Å². The van der Waals surface area contributed by atoms with Crippen molar-refractivity contribution < 1.29 is 19.9 Å². The fourth-order valence-electron chi connectivity index (χ4n) is 3.32. The van der Waals surface area contributed by atoms with Crippen LogP contribution in [0.15, 0.2) is 77.9 Å². The molecule has 3 rings (SSSR count). The summed E-state index contributed by atoms with van der Waals surface area (Å²) in [5.41, 5.74) is 5.95. The second-order valence-corrected chi connectivity index (χ2v) is 8.25. The van der Waals surface area contributed by atoms with Crippen molar-refractivity contribution >= 4 is 23.2 Å². The second-order valence-electron chi connectivity index (χ2n) is 8.25. The number of amides is 2. The van der Waals surface area contributed by atoms with Gasteiger partial charge in [-0.05, 0) is 67.9 Å². The van der Waals surface area contributed by atoms with Crippen LogP contribution in [0.1, 0.15) is 36.2 Å². The number of anilines is 1. The van der Waals surface area contributed by atoms with Crippen molar-refractivity contribution in [1.29, 1.82) is 0 Å². The zero-order chi connectivity index (χ0) is 26.6. The minimum absolute atomic E-state index is 0.148. The largest absolute Gasteiger partial charge is 0.391 e. The van der Waals surface area contributed by atoms with Gasteiger partial charge in [-0.1, -0.05) is 30.0 Å². The summed E-state index contributed by atoms with van der Waals surface area (Å²) in [5, 5.41) is 24.5. The molecular weight excluding hydrogens is 470 g/mol. The van der Waals surface area contributed by atoms with E-state index in [-0.39, 0.29) is 12.5 Å². The molecule has 0 saturated carbocycles. The molecule has 1 unspecified atom stereocenters. The molecule has 0 saturated heterocycles. The van der Waals surface area contributed by atoms with Gasteiger partial charge < -0.3 is 15.7 Å². The normalized spacial score (nSPS) is 12.6. The number of carbonyl (C=O) groups excluding carboxylic acids is 2. The Kier molecular flexibility index (Phi) is 10.0. The molecule has 2 amide bonds. The van der Waals surface area contributed by atoms with Gasteiger partial charge in [0.15, 0.2) is 6.04 Å². The number of pyridine rings is 1. The Labute approximate surface area is 215 Å². The lowest BCUT2D eigenvalue weighted by Crippen LogP contribution is -2.38. The molecular formula is C28H29N5O4. The summed E-state index contributed by atoms with van der Waals surface area (Å²) in [7, 11) is 0. The maximum Gasteiger partial charge on any atom is 0.270 e. The van der Waals surface area contributed by atoms with Crippen molar-refractivity contribution in [3.05, 3.63) is 95.3 Å². The molecule has 0 radical (unpaired) electrons. The summed E-state index contributed by atoms with van der Waals surface area (Å²) in [6.07, 6.45) is 0.659. The number of hydroxylamine groups is 1. The minimum atomic E-state index is -1.11. The fourth-order valence-corrected chi connectivity index (χ4v) is 3.32. The van der Waals surface area contributed by atoms with Crippen molar-refractivity contribution in [3.63, 3.8) is 0 Å². The van der Waals surface area contributed by atoms with E-state index in [2.05, 4.69) is 32.5 Å². The monoisotopic (exact) mass is 499 g/mol. The summed E-state index contributed by atoms with van der Waals surface area (Å²) >= 11 is 0. The predicted molar refractivity (Wildman–Crippen MR) is 141 cm³/mol. The number of nitrogens with zero attached hydrogens (tertiary/aromatic N) is 2. The molecule has 0 aliphatic rings. The highest BCUT2D eigenvalue weighted by molar-refractivity contribution is 6.00. The van der Waals surface area contributed by atoms with E-state index in [1.54, 1.807) is 25.3 Å². The van der Waals surface area contributed by atoms with E-state index in [9.17, 15) is 14.7 Å². The molecule has 2 aromatic carbocycles. The molecule has 37 heavy (non-hydrogen) atoms. The Morgan fingerprint density at radius 3 is 2.22 bits per heavy atom. The second kappa shape index (κ2) is 13.7. The van der Waals surface area contributed by atoms with E-state index < -0.39 is 18.1 Å². The number of hydrogen-bond acceptors (Lipinski definition) is 7. The summed E-state index contributed by atoms with van der Waals surface area (Å²) in [6, 6.07) is 19.1. The number of carbonyl (C=O) groups is 2. The van der Waals surface area contributed by atoms with Gasteiger partial charge in [-0.15, -0.1) is 0 Å². The third-order valence-corrected chi connectivity index (χ3v) is 5.31. The van der Waals surface area contributed by atoms with Crippen molar-refractivity contribution in [2.45, 2.75) is 32.5 Å². The number of aliphatic hydroxyl groups excluding tert-OH is 1. The van der Waals surface area contributed by atoms with Gasteiger partial charge in [0.05, 0.1) is 18.3 Å². The van der Waals surface area contributed by atoms with Gasteiger partial charge in [-0.3, -0.25) is 24.8 Å². The van der Waals surface area contributed by atoms with Gasteiger partial charge in [0.2, 0.25) is 5.91 Å². The highest BCUT2D eigenvalue weighted by Crippen LogP contribution is 2.11. The average molecular weight is 500 g/mol. The smallest absolute Gasteiger partial charge is 0.270 e. The number of aliphatic imine (C=N–C) groups is 1. The predicted octanol–water partition coefficient (Wildman–Crippen LogP) is 2.27. The summed E-state index contributed by atoms with van der Waals surface area (Å²) in [6.45, 7) is 3.84. The average Bonchev–Trinajstić information content (AvgIpc) is 2.91. The molecule has 1 aromatic heterocycles. The Bertz CT molecular complexity index is 1280. The highest BCUT2D eigenvalue weighted by Gasteiger charge is 2.22. The summed E-state index contributed by atoms with van der Waals surface area (Å²) < 4.78 is 0. The van der Waals surface area contributed by atoms with E-state index >= 15 is 0 Å². The Hall–Kier alpha value is -4.36. The third kappa shape index (κ3) is 8.66. The molecule has 0 fully saturated rings. The van der Waals surface area contributed by atoms with Gasteiger partial charge in [0.1, 0.15) is 0 Å². The fraction of sp³-hybridized carbons (Fsp3) is 0.214. The Morgan fingerprint density at radius 2 is 1.65 bits per heavy atom. The molecule has 9 heteroatoms. The number of benzene rings is 2. The van der Waals surface area contributed by atoms with Crippen LogP contribution in [0.4, 0.5) is 5.69 Å². The van der Waals surface area contributed by atoms with Gasteiger partial charge in [-0.25, -0.2) is 5.48 Å². The van der Waals surface area contributed by atoms with Crippen molar-refractivity contribution in [2.24, 2.45) is 4.99 Å². The van der Waals surface area contributed by atoms with Crippen LogP contribution in [-0.4, -0.2) is 51.5 Å². The number of aromatic nitrogens is 1. The van der Waals surface area contributed by atoms with Gasteiger partial charge in [0.25, 0.3) is 5.91 Å². The van der Waals surface area contributed by atoms with Crippen molar-refractivity contribution in [2.75, 3.05) is 11.9 Å². The van der Waals surface area contributed by atoms with Crippen molar-refractivity contribution in [1.82, 2.24) is 15.8 Å². The van der Waals surface area contributed by atoms with Crippen LogP contribution in [-0.2, 0) is 16.1 Å². The molecule has 5 N–H and O–H groups in total. The number of hydrogen-bond donors (Lipinski definition) is 5. The van der Waals surface area contributed by atoms with E-state index in [4.69, 9.17) is 5.21 Å². The van der Waals surface area contributed by atoms with E-state index in [0.717, 1.165) is 22.4 Å². The Balaban J connectivity index is 1.54. The third-order valence-electron chi connectivity index (χ3n) is 5.31. The number of aliphatic hydroxyl groups is 1. The zero-order valence-corrected chi connectivity index (χ0v) is 20.6. The molecule has 0 bridgehead atoms. The first kappa shape index (κ1) is 27.2. The lowest BCUT2D eigenvalue weighted by atomic mass is 10.1. The molecule has 0 aliphatic heterocycles. The minimum Gasteiger partial charge on any atom is -0.391 e. The van der Waals surface area contributed by atoms with Crippen LogP contribution < -0.4 is 16.1 Å². The van der Waals surface area contributed by atoms with Crippen LogP contribution in [0.2, 0.25) is 0 Å². The van der Waals surface area contributed by atoms with Crippen LogP contribution >= 0.6 is 0 Å². The lowest BCUT2D eigenvalue weighted by Gasteiger charge is -2.14. The van der Waals surface area contributed by atoms with E-state index in [1.807, 2.05) is 54.6 Å². The van der Waals surface area contributed by atoms with Gasteiger partial charge in [-0.2, -0.15) is 0 Å². The summed E-state index contributed by atoms with van der Waals surface area (Å²) in [5.74, 6) is 5.25. The molecule has 1 heterocycles. The molecule has 0 aliphatic carbocycles. The standard InChI is InChI=1S/C28H29N5O4/c1-19(31-27(20(2)34)28(36)33-37)23-12-8-21(9-13-23)6-7-22-10-14-24(15-11-22)32-26(35)18-29-17-25-5-3-4-16-30-25/h3-5,8-16,20,27,29,34,37H,17-18H2,1-2H3,(H,32,35)(H,33,36)/t20-,27?/m1/s1. The first-order valence-corrected chi connectivity index (χ1v) is 11.6. The van der Waals surface area contributed by atoms with Gasteiger partial charge in [0, 0.05) is 35.3 Å². The van der Waals surface area contributed by atoms with Crippen molar-refractivity contribution in [3.8, 4) is 11.8 Å². The molecule has 3 aromatic rings.